The first kappa shape index (κ1) is 17.1. The van der Waals surface area contributed by atoms with Crippen LogP contribution in [-0.4, -0.2) is 15.8 Å². The molecule has 0 spiro atoms. The number of allylic oxidation sites excluding steroid dienone is 1. The van der Waals surface area contributed by atoms with Crippen molar-refractivity contribution in [3.63, 3.8) is 0 Å². The van der Waals surface area contributed by atoms with Crippen molar-refractivity contribution in [2.24, 2.45) is 5.92 Å². The van der Waals surface area contributed by atoms with Crippen LogP contribution in [0.3, 0.4) is 0 Å². The molecule has 26 heavy (non-hydrogen) atoms. The number of carbonyl (C=O) groups is 1. The molecule has 1 unspecified atom stereocenters. The van der Waals surface area contributed by atoms with Crippen molar-refractivity contribution in [2.75, 3.05) is 0 Å². The number of halogens is 2. The molecule has 2 aromatic carbocycles. The maximum atomic E-state index is 12.7. The van der Waals surface area contributed by atoms with Crippen molar-refractivity contribution < 1.29 is 4.79 Å². The Morgan fingerprint density at radius 2 is 1.92 bits per heavy atom. The molecule has 1 aromatic heterocycles. The van der Waals surface area contributed by atoms with E-state index in [9.17, 15) is 4.79 Å². The van der Waals surface area contributed by atoms with E-state index in [1.807, 2.05) is 12.1 Å². The van der Waals surface area contributed by atoms with Gasteiger partial charge in [-0.1, -0.05) is 60.5 Å². The lowest BCUT2D eigenvalue weighted by Crippen LogP contribution is -2.02. The minimum absolute atomic E-state index is 0.153. The van der Waals surface area contributed by atoms with Gasteiger partial charge in [0.05, 0.1) is 10.7 Å². The van der Waals surface area contributed by atoms with Crippen LogP contribution in [0.15, 0.2) is 48.5 Å². The lowest BCUT2D eigenvalue weighted by atomic mass is 9.99. The second-order valence-corrected chi connectivity index (χ2v) is 7.36. The Labute approximate surface area is 161 Å². The quantitative estimate of drug-likeness (QED) is 0.580. The summed E-state index contributed by atoms with van der Waals surface area (Å²) in [5.74, 6) is 1.17. The molecule has 1 atom stereocenters. The third-order valence-electron chi connectivity index (χ3n) is 4.51. The zero-order valence-electron chi connectivity index (χ0n) is 14.1. The molecule has 1 heterocycles. The smallest absolute Gasteiger partial charge is 0.194 e. The molecule has 4 rings (SSSR count). The average molecular weight is 383 g/mol. The van der Waals surface area contributed by atoms with Crippen molar-refractivity contribution in [3.8, 4) is 11.4 Å². The number of nitrogens with one attached hydrogen (secondary N) is 1. The molecule has 3 aromatic rings. The largest absolute Gasteiger partial charge is 0.341 e. The van der Waals surface area contributed by atoms with Gasteiger partial charge in [0.2, 0.25) is 0 Å². The summed E-state index contributed by atoms with van der Waals surface area (Å²) in [4.78, 5) is 20.7. The van der Waals surface area contributed by atoms with E-state index >= 15 is 0 Å². The molecule has 1 N–H and O–H groups in total. The number of H-pyrrole nitrogens is 1. The predicted molar refractivity (Wildman–Crippen MR) is 106 cm³/mol. The summed E-state index contributed by atoms with van der Waals surface area (Å²) in [6.45, 7) is 2.18. The highest BCUT2D eigenvalue weighted by atomic mass is 35.5. The van der Waals surface area contributed by atoms with E-state index in [1.54, 1.807) is 30.3 Å². The molecule has 0 saturated heterocycles. The minimum Gasteiger partial charge on any atom is -0.341 e. The second-order valence-electron chi connectivity index (χ2n) is 6.52. The van der Waals surface area contributed by atoms with Gasteiger partial charge >= 0.3 is 0 Å². The summed E-state index contributed by atoms with van der Waals surface area (Å²) in [5.41, 5.74) is 4.04. The highest BCUT2D eigenvalue weighted by Crippen LogP contribution is 2.27. The van der Waals surface area contributed by atoms with Crippen LogP contribution in [0.4, 0.5) is 0 Å². The van der Waals surface area contributed by atoms with Crippen molar-refractivity contribution in [3.05, 3.63) is 81.1 Å². The van der Waals surface area contributed by atoms with Gasteiger partial charge in [-0.25, -0.2) is 4.98 Å². The molecule has 1 aliphatic rings. The van der Waals surface area contributed by atoms with Crippen LogP contribution in [0, 0.1) is 5.92 Å². The second kappa shape index (κ2) is 6.75. The topological polar surface area (TPSA) is 45.8 Å². The number of carbonyl (C=O) groups excluding carboxylic acids is 1. The number of ketones is 1. The third-order valence-corrected chi connectivity index (χ3v) is 5.08. The number of nitrogens with zero attached hydrogens (tertiary/aromatic N) is 1. The molecule has 0 saturated carbocycles. The molecule has 0 fully saturated rings. The van der Waals surface area contributed by atoms with E-state index < -0.39 is 0 Å². The maximum absolute atomic E-state index is 12.7. The Balaban J connectivity index is 1.62. The van der Waals surface area contributed by atoms with Crippen LogP contribution in [0.5, 0.6) is 0 Å². The van der Waals surface area contributed by atoms with Gasteiger partial charge in [0, 0.05) is 27.4 Å². The lowest BCUT2D eigenvalue weighted by Gasteiger charge is -2.09. The summed E-state index contributed by atoms with van der Waals surface area (Å²) < 4.78 is 0. The fourth-order valence-corrected chi connectivity index (χ4v) is 3.48. The van der Waals surface area contributed by atoms with Crippen LogP contribution in [0.1, 0.15) is 34.2 Å². The van der Waals surface area contributed by atoms with Gasteiger partial charge in [-0.2, -0.15) is 0 Å². The zero-order valence-corrected chi connectivity index (χ0v) is 15.6. The molecule has 0 amide bonds. The number of benzene rings is 2. The first-order chi connectivity index (χ1) is 12.5. The summed E-state index contributed by atoms with van der Waals surface area (Å²) in [6, 6.07) is 12.2. The van der Waals surface area contributed by atoms with Gasteiger partial charge in [0.25, 0.3) is 0 Å². The number of aromatic amines is 1. The number of aromatic nitrogens is 2. The van der Waals surface area contributed by atoms with Crippen molar-refractivity contribution >= 4 is 35.1 Å². The molecular formula is C21H16Cl2N2O. The fraction of sp³-hybridized carbons (Fsp3) is 0.143. The van der Waals surface area contributed by atoms with Crippen LogP contribution in [0.2, 0.25) is 10.0 Å². The summed E-state index contributed by atoms with van der Waals surface area (Å²) >= 11 is 12.1. The van der Waals surface area contributed by atoms with Gasteiger partial charge in [-0.3, -0.25) is 4.79 Å². The summed E-state index contributed by atoms with van der Waals surface area (Å²) in [7, 11) is 0. The summed E-state index contributed by atoms with van der Waals surface area (Å²) in [5, 5.41) is 0.876. The Kier molecular flexibility index (Phi) is 4.43. The molecular weight excluding hydrogens is 367 g/mol. The highest BCUT2D eigenvalue weighted by molar-refractivity contribution is 6.36. The van der Waals surface area contributed by atoms with Crippen molar-refractivity contribution in [1.82, 2.24) is 9.97 Å². The van der Waals surface area contributed by atoms with E-state index in [0.717, 1.165) is 29.2 Å². The standard InChI is InChI=1S/C21H16Cl2N2O/c1-12-2-9-18-19(10-12)25-21(24-18)14-5-3-13(4-6-14)20(26)16-11-15(22)7-8-17(16)23/h2-9,11-12H,10H2,1H3,(H,24,25). The third kappa shape index (κ3) is 3.20. The maximum Gasteiger partial charge on any atom is 0.194 e. The molecule has 0 bridgehead atoms. The first-order valence-corrected chi connectivity index (χ1v) is 9.14. The first-order valence-electron chi connectivity index (χ1n) is 8.38. The van der Waals surface area contributed by atoms with Crippen LogP contribution in [0.25, 0.3) is 17.5 Å². The minimum atomic E-state index is -0.153. The van der Waals surface area contributed by atoms with Crippen molar-refractivity contribution in [2.45, 2.75) is 13.3 Å². The average Bonchev–Trinajstić information content (AvgIpc) is 3.06. The Hall–Kier alpha value is -2.36. The Morgan fingerprint density at radius 3 is 2.69 bits per heavy atom. The molecule has 3 nitrogen and oxygen atoms in total. The Bertz CT molecular complexity index is 1020. The van der Waals surface area contributed by atoms with Gasteiger partial charge in [0.1, 0.15) is 5.82 Å². The van der Waals surface area contributed by atoms with Gasteiger partial charge in [-0.15, -0.1) is 0 Å². The van der Waals surface area contributed by atoms with E-state index in [1.165, 1.54) is 0 Å². The van der Waals surface area contributed by atoms with Crippen LogP contribution in [-0.2, 0) is 6.42 Å². The number of imidazole rings is 1. The van der Waals surface area contributed by atoms with Crippen molar-refractivity contribution in [1.29, 1.82) is 0 Å². The monoisotopic (exact) mass is 382 g/mol. The lowest BCUT2D eigenvalue weighted by molar-refractivity contribution is 0.103. The summed E-state index contributed by atoms with van der Waals surface area (Å²) in [6.07, 6.45) is 5.19. The van der Waals surface area contributed by atoms with Crippen LogP contribution >= 0.6 is 23.2 Å². The number of hydrogen-bond acceptors (Lipinski definition) is 2. The SMILES string of the molecule is CC1C=Cc2nc(-c3ccc(C(=O)c4cc(Cl)ccc4Cl)cc3)[nH]c2C1. The Morgan fingerprint density at radius 1 is 1.15 bits per heavy atom. The molecule has 5 heteroatoms. The van der Waals surface area contributed by atoms with Gasteiger partial charge in [0.15, 0.2) is 5.78 Å². The number of hydrogen-bond donors (Lipinski definition) is 1. The van der Waals surface area contributed by atoms with E-state index in [0.29, 0.717) is 27.1 Å². The molecule has 130 valence electrons. The van der Waals surface area contributed by atoms with E-state index in [-0.39, 0.29) is 5.78 Å². The molecule has 1 aliphatic carbocycles. The molecule has 0 aliphatic heterocycles. The van der Waals surface area contributed by atoms with E-state index in [2.05, 4.69) is 29.0 Å². The fourth-order valence-electron chi connectivity index (χ4n) is 3.10. The number of fused-ring (bicyclic) bond motifs is 1. The zero-order chi connectivity index (χ0) is 18.3. The van der Waals surface area contributed by atoms with Crippen LogP contribution < -0.4 is 0 Å². The van der Waals surface area contributed by atoms with E-state index in [4.69, 9.17) is 23.2 Å². The number of rotatable bonds is 3. The predicted octanol–water partition coefficient (Wildman–Crippen LogP) is 5.82. The molecule has 0 radical (unpaired) electrons. The van der Waals surface area contributed by atoms with Gasteiger partial charge in [-0.05, 0) is 36.6 Å². The normalized spacial score (nSPS) is 15.7. The van der Waals surface area contributed by atoms with Gasteiger partial charge < -0.3 is 4.98 Å². The highest BCUT2D eigenvalue weighted by Gasteiger charge is 2.17.